The molecule has 0 saturated heterocycles. The van der Waals surface area contributed by atoms with Gasteiger partial charge in [0.1, 0.15) is 11.5 Å². The monoisotopic (exact) mass is 395 g/mol. The van der Waals surface area contributed by atoms with Gasteiger partial charge in [-0.2, -0.15) is 13.2 Å². The van der Waals surface area contributed by atoms with Gasteiger partial charge in [-0.1, -0.05) is 31.2 Å². The zero-order valence-electron chi connectivity index (χ0n) is 15.7. The molecule has 0 heterocycles. The molecule has 0 aromatic heterocycles. The molecular weight excluding hydrogens is 371 g/mol. The van der Waals surface area contributed by atoms with E-state index in [9.17, 15) is 18.0 Å². The highest BCUT2D eigenvalue weighted by atomic mass is 19.4. The Kier molecular flexibility index (Phi) is 8.17. The van der Waals surface area contributed by atoms with E-state index in [0.29, 0.717) is 19.6 Å². The highest BCUT2D eigenvalue weighted by Gasteiger charge is 2.30. The standard InChI is InChI=1S/C21H24F3NO3/c1-2-13-27-19-11-4-3-7-16(19)8-6-12-25-20(26)15-28-18-10-5-9-17(14-18)21(22,23)24/h3-5,7,9-11,14H,2,6,8,12-13,15H2,1H3,(H,25,26). The van der Waals surface area contributed by atoms with Crippen molar-refractivity contribution in [2.45, 2.75) is 32.4 Å². The number of carbonyl (C=O) groups excluding carboxylic acids is 1. The van der Waals surface area contributed by atoms with Gasteiger partial charge in [-0.25, -0.2) is 0 Å². The van der Waals surface area contributed by atoms with E-state index in [1.54, 1.807) is 0 Å². The number of benzene rings is 2. The molecule has 0 saturated carbocycles. The normalized spacial score (nSPS) is 11.1. The molecule has 0 aliphatic heterocycles. The minimum Gasteiger partial charge on any atom is -0.493 e. The molecule has 0 atom stereocenters. The van der Waals surface area contributed by atoms with Gasteiger partial charge in [0, 0.05) is 6.54 Å². The zero-order valence-corrected chi connectivity index (χ0v) is 15.7. The van der Waals surface area contributed by atoms with Crippen LogP contribution in [0.2, 0.25) is 0 Å². The van der Waals surface area contributed by atoms with Crippen molar-refractivity contribution in [2.24, 2.45) is 0 Å². The SMILES string of the molecule is CCCOc1ccccc1CCCNC(=O)COc1cccc(C(F)(F)F)c1. The van der Waals surface area contributed by atoms with Gasteiger partial charge in [0.15, 0.2) is 6.61 Å². The maximum atomic E-state index is 12.7. The number of aryl methyl sites for hydroxylation is 1. The maximum Gasteiger partial charge on any atom is 0.416 e. The van der Waals surface area contributed by atoms with Crippen molar-refractivity contribution >= 4 is 5.91 Å². The summed E-state index contributed by atoms with van der Waals surface area (Å²) in [5, 5.41) is 2.70. The second-order valence-corrected chi connectivity index (χ2v) is 6.22. The largest absolute Gasteiger partial charge is 0.493 e. The first kappa shape index (κ1) is 21.6. The van der Waals surface area contributed by atoms with Crippen molar-refractivity contribution in [3.05, 3.63) is 59.7 Å². The Morgan fingerprint density at radius 2 is 1.86 bits per heavy atom. The van der Waals surface area contributed by atoms with Crippen LogP contribution in [0.15, 0.2) is 48.5 Å². The van der Waals surface area contributed by atoms with E-state index in [1.165, 1.54) is 12.1 Å². The average molecular weight is 395 g/mol. The van der Waals surface area contributed by atoms with Crippen LogP contribution in [0, 0.1) is 0 Å². The van der Waals surface area contributed by atoms with Gasteiger partial charge in [0.05, 0.1) is 12.2 Å². The lowest BCUT2D eigenvalue weighted by molar-refractivity contribution is -0.137. The van der Waals surface area contributed by atoms with Crippen LogP contribution < -0.4 is 14.8 Å². The molecule has 28 heavy (non-hydrogen) atoms. The summed E-state index contributed by atoms with van der Waals surface area (Å²) in [5.41, 5.74) is 0.264. The molecule has 1 N–H and O–H groups in total. The fraction of sp³-hybridized carbons (Fsp3) is 0.381. The summed E-state index contributed by atoms with van der Waals surface area (Å²) in [7, 11) is 0. The minimum absolute atomic E-state index is 0.00646. The molecule has 2 aromatic carbocycles. The van der Waals surface area contributed by atoms with Crippen LogP contribution in [0.4, 0.5) is 13.2 Å². The van der Waals surface area contributed by atoms with Crippen LogP contribution >= 0.6 is 0 Å². The van der Waals surface area contributed by atoms with Crippen LogP contribution in [0.5, 0.6) is 11.5 Å². The smallest absolute Gasteiger partial charge is 0.416 e. The third-order valence-electron chi connectivity index (χ3n) is 3.91. The molecule has 0 fully saturated rings. The molecule has 0 spiro atoms. The van der Waals surface area contributed by atoms with Crippen LogP contribution in [0.1, 0.15) is 30.9 Å². The minimum atomic E-state index is -4.45. The maximum absolute atomic E-state index is 12.7. The molecule has 0 aliphatic rings. The molecule has 0 unspecified atom stereocenters. The number of nitrogens with one attached hydrogen (secondary N) is 1. The van der Waals surface area contributed by atoms with E-state index in [4.69, 9.17) is 9.47 Å². The van der Waals surface area contributed by atoms with Gasteiger partial charge < -0.3 is 14.8 Å². The van der Waals surface area contributed by atoms with Gasteiger partial charge in [0.2, 0.25) is 0 Å². The molecule has 2 rings (SSSR count). The summed E-state index contributed by atoms with van der Waals surface area (Å²) < 4.78 is 48.8. The summed E-state index contributed by atoms with van der Waals surface area (Å²) in [6.07, 6.45) is -2.06. The molecular formula is C21H24F3NO3. The second-order valence-electron chi connectivity index (χ2n) is 6.22. The van der Waals surface area contributed by atoms with Gasteiger partial charge >= 0.3 is 6.18 Å². The Balaban J connectivity index is 1.72. The van der Waals surface area contributed by atoms with Crippen LogP contribution in [0.3, 0.4) is 0 Å². The molecule has 4 nitrogen and oxygen atoms in total. The van der Waals surface area contributed by atoms with Crippen LogP contribution in [-0.2, 0) is 17.4 Å². The lowest BCUT2D eigenvalue weighted by Crippen LogP contribution is -2.30. The molecule has 1 amide bonds. The van der Waals surface area contributed by atoms with E-state index in [2.05, 4.69) is 5.32 Å². The van der Waals surface area contributed by atoms with Crippen molar-refractivity contribution in [2.75, 3.05) is 19.8 Å². The Bertz CT molecular complexity index is 763. The van der Waals surface area contributed by atoms with E-state index in [1.807, 2.05) is 31.2 Å². The van der Waals surface area contributed by atoms with Crippen LogP contribution in [-0.4, -0.2) is 25.7 Å². The second kappa shape index (κ2) is 10.6. The number of ether oxygens (including phenoxy) is 2. The number of alkyl halides is 3. The van der Waals surface area contributed by atoms with Crippen molar-refractivity contribution in [3.8, 4) is 11.5 Å². The molecule has 0 bridgehead atoms. The first-order valence-corrected chi connectivity index (χ1v) is 9.17. The number of hydrogen-bond donors (Lipinski definition) is 1. The number of hydrogen-bond acceptors (Lipinski definition) is 3. The molecule has 2 aromatic rings. The number of amides is 1. The summed E-state index contributed by atoms with van der Waals surface area (Å²) in [5.74, 6) is 0.475. The van der Waals surface area contributed by atoms with Crippen molar-refractivity contribution < 1.29 is 27.4 Å². The van der Waals surface area contributed by atoms with E-state index < -0.39 is 11.7 Å². The van der Waals surface area contributed by atoms with Gasteiger partial charge in [-0.05, 0) is 49.1 Å². The van der Waals surface area contributed by atoms with E-state index in [-0.39, 0.29) is 18.3 Å². The summed E-state index contributed by atoms with van der Waals surface area (Å²) in [4.78, 5) is 11.8. The number of rotatable bonds is 10. The van der Waals surface area contributed by atoms with Crippen molar-refractivity contribution in [3.63, 3.8) is 0 Å². The highest BCUT2D eigenvalue weighted by molar-refractivity contribution is 5.77. The van der Waals surface area contributed by atoms with E-state index in [0.717, 1.165) is 36.3 Å². The first-order valence-electron chi connectivity index (χ1n) is 9.17. The number of halogens is 3. The Morgan fingerprint density at radius 1 is 1.07 bits per heavy atom. The topological polar surface area (TPSA) is 47.6 Å². The number of carbonyl (C=O) groups is 1. The Morgan fingerprint density at radius 3 is 2.61 bits per heavy atom. The lowest BCUT2D eigenvalue weighted by atomic mass is 10.1. The predicted octanol–water partition coefficient (Wildman–Crippen LogP) is 4.62. The van der Waals surface area contributed by atoms with E-state index >= 15 is 0 Å². The predicted molar refractivity (Wildman–Crippen MR) is 100 cm³/mol. The Hall–Kier alpha value is -2.70. The van der Waals surface area contributed by atoms with Gasteiger partial charge in [-0.15, -0.1) is 0 Å². The van der Waals surface area contributed by atoms with Gasteiger partial charge in [-0.3, -0.25) is 4.79 Å². The molecule has 0 radical (unpaired) electrons. The lowest BCUT2D eigenvalue weighted by Gasteiger charge is -2.12. The third kappa shape index (κ3) is 7.13. The third-order valence-corrected chi connectivity index (χ3v) is 3.91. The van der Waals surface area contributed by atoms with Crippen molar-refractivity contribution in [1.29, 1.82) is 0 Å². The van der Waals surface area contributed by atoms with Crippen molar-refractivity contribution in [1.82, 2.24) is 5.32 Å². The summed E-state index contributed by atoms with van der Waals surface area (Å²) >= 11 is 0. The van der Waals surface area contributed by atoms with Crippen LogP contribution in [0.25, 0.3) is 0 Å². The number of para-hydroxylation sites is 1. The summed E-state index contributed by atoms with van der Waals surface area (Å²) in [6, 6.07) is 12.2. The highest BCUT2D eigenvalue weighted by Crippen LogP contribution is 2.31. The fourth-order valence-electron chi connectivity index (χ4n) is 2.53. The fourth-order valence-corrected chi connectivity index (χ4v) is 2.53. The molecule has 7 heteroatoms. The zero-order chi connectivity index (χ0) is 20.4. The molecule has 0 aliphatic carbocycles. The average Bonchev–Trinajstić information content (AvgIpc) is 2.68. The Labute approximate surface area is 162 Å². The first-order chi connectivity index (χ1) is 13.4. The summed E-state index contributed by atoms with van der Waals surface area (Å²) in [6.45, 7) is 2.80. The molecule has 152 valence electrons. The van der Waals surface area contributed by atoms with Gasteiger partial charge in [0.25, 0.3) is 5.91 Å². The quantitative estimate of drug-likeness (QED) is 0.597.